The van der Waals surface area contributed by atoms with Crippen LogP contribution < -0.4 is 5.32 Å². The van der Waals surface area contributed by atoms with Crippen molar-refractivity contribution in [1.29, 1.82) is 0 Å². The number of aryl methyl sites for hydroxylation is 1. The second-order valence-corrected chi connectivity index (χ2v) is 5.28. The fraction of sp³-hybridized carbons (Fsp3) is 0.235. The summed E-state index contributed by atoms with van der Waals surface area (Å²) in [4.78, 5) is 12.3. The van der Waals surface area contributed by atoms with Crippen LogP contribution in [0.25, 0.3) is 5.69 Å². The molecule has 6 heteroatoms. The predicted molar refractivity (Wildman–Crippen MR) is 85.5 cm³/mol. The summed E-state index contributed by atoms with van der Waals surface area (Å²) in [5.74, 6) is -0.102. The van der Waals surface area contributed by atoms with E-state index in [-0.39, 0.29) is 5.91 Å². The number of carbonyl (C=O) groups excluding carboxylic acids is 1. The first-order valence-electron chi connectivity index (χ1n) is 7.52. The molecular weight excluding hydrogens is 292 g/mol. The minimum Gasteiger partial charge on any atom is -0.364 e. The predicted octanol–water partition coefficient (Wildman–Crippen LogP) is 2.53. The number of nitrogens with one attached hydrogen (secondary N) is 1. The van der Waals surface area contributed by atoms with Crippen molar-refractivity contribution in [2.75, 3.05) is 6.54 Å². The molecule has 6 nitrogen and oxygen atoms in total. The Balaban J connectivity index is 1.58. The number of amides is 1. The number of nitrogens with zero attached hydrogens (tertiary/aromatic N) is 3. The van der Waals surface area contributed by atoms with Crippen LogP contribution in [0.2, 0.25) is 0 Å². The Morgan fingerprint density at radius 3 is 2.83 bits per heavy atom. The Hall–Kier alpha value is -2.89. The van der Waals surface area contributed by atoms with Crippen LogP contribution in [0, 0.1) is 6.92 Å². The third-order valence-electron chi connectivity index (χ3n) is 3.67. The molecule has 0 saturated heterocycles. The fourth-order valence-corrected chi connectivity index (χ4v) is 2.40. The van der Waals surface area contributed by atoms with Crippen LogP contribution in [0.3, 0.4) is 0 Å². The van der Waals surface area contributed by atoms with E-state index in [9.17, 15) is 4.79 Å². The van der Waals surface area contributed by atoms with E-state index < -0.39 is 0 Å². The highest BCUT2D eigenvalue weighted by Gasteiger charge is 2.14. The van der Waals surface area contributed by atoms with Gasteiger partial charge in [0.15, 0.2) is 0 Å². The minimum atomic E-state index is -0.102. The van der Waals surface area contributed by atoms with Crippen LogP contribution >= 0.6 is 0 Å². The zero-order chi connectivity index (χ0) is 16.1. The molecule has 0 spiro atoms. The monoisotopic (exact) mass is 310 g/mol. The molecule has 3 rings (SSSR count). The summed E-state index contributed by atoms with van der Waals surface area (Å²) in [5, 5.41) is 10.9. The summed E-state index contributed by atoms with van der Waals surface area (Å²) >= 11 is 0. The van der Waals surface area contributed by atoms with Crippen molar-refractivity contribution >= 4 is 5.91 Å². The van der Waals surface area contributed by atoms with Gasteiger partial charge in [-0.1, -0.05) is 23.4 Å². The maximum atomic E-state index is 12.3. The van der Waals surface area contributed by atoms with Crippen LogP contribution in [0.1, 0.15) is 28.0 Å². The number of benzene rings is 1. The molecule has 1 amide bonds. The van der Waals surface area contributed by atoms with Gasteiger partial charge in [-0.3, -0.25) is 4.79 Å². The molecule has 0 radical (unpaired) electrons. The third-order valence-corrected chi connectivity index (χ3v) is 3.67. The molecule has 0 saturated carbocycles. The summed E-state index contributed by atoms with van der Waals surface area (Å²) in [6, 6.07) is 9.76. The number of aromatic nitrogens is 3. The first-order valence-corrected chi connectivity index (χ1v) is 7.52. The molecule has 1 aromatic carbocycles. The van der Waals surface area contributed by atoms with Gasteiger partial charge >= 0.3 is 0 Å². The lowest BCUT2D eigenvalue weighted by molar-refractivity contribution is 0.0952. The normalized spacial score (nSPS) is 10.7. The summed E-state index contributed by atoms with van der Waals surface area (Å²) in [5.41, 5.74) is 3.40. The van der Waals surface area contributed by atoms with E-state index in [4.69, 9.17) is 4.52 Å². The topological polar surface area (TPSA) is 73.0 Å². The summed E-state index contributed by atoms with van der Waals surface area (Å²) in [6.45, 7) is 2.49. The number of carbonyl (C=O) groups is 1. The van der Waals surface area contributed by atoms with Crippen molar-refractivity contribution in [2.24, 2.45) is 0 Å². The second-order valence-electron chi connectivity index (χ2n) is 5.28. The Labute approximate surface area is 134 Å². The molecule has 0 aliphatic heterocycles. The minimum absolute atomic E-state index is 0.102. The zero-order valence-corrected chi connectivity index (χ0v) is 12.9. The lowest BCUT2D eigenvalue weighted by Gasteiger charge is -2.06. The molecule has 0 atom stereocenters. The van der Waals surface area contributed by atoms with Crippen LogP contribution in [-0.4, -0.2) is 27.4 Å². The lowest BCUT2D eigenvalue weighted by Crippen LogP contribution is -2.25. The highest BCUT2D eigenvalue weighted by molar-refractivity contribution is 5.95. The maximum Gasteiger partial charge on any atom is 0.254 e. The van der Waals surface area contributed by atoms with Gasteiger partial charge in [-0.2, -0.15) is 5.10 Å². The average Bonchev–Trinajstić information content (AvgIpc) is 3.22. The molecule has 0 aliphatic rings. The number of hydrogen-bond acceptors (Lipinski definition) is 4. The first kappa shape index (κ1) is 15.0. The second kappa shape index (κ2) is 6.91. The first-order chi connectivity index (χ1) is 11.3. The lowest BCUT2D eigenvalue weighted by atomic mass is 10.2. The van der Waals surface area contributed by atoms with Crippen LogP contribution in [0.4, 0.5) is 0 Å². The van der Waals surface area contributed by atoms with Gasteiger partial charge in [0.1, 0.15) is 6.26 Å². The molecule has 2 heterocycles. The van der Waals surface area contributed by atoms with E-state index in [2.05, 4.69) is 15.6 Å². The Kier molecular flexibility index (Phi) is 4.52. The van der Waals surface area contributed by atoms with Gasteiger partial charge in [0.2, 0.25) is 0 Å². The Morgan fingerprint density at radius 2 is 2.09 bits per heavy atom. The fourth-order valence-electron chi connectivity index (χ4n) is 2.40. The highest BCUT2D eigenvalue weighted by atomic mass is 16.5. The molecule has 23 heavy (non-hydrogen) atoms. The van der Waals surface area contributed by atoms with E-state index in [0.29, 0.717) is 12.1 Å². The zero-order valence-electron chi connectivity index (χ0n) is 12.9. The van der Waals surface area contributed by atoms with Crippen molar-refractivity contribution in [3.8, 4) is 5.69 Å². The van der Waals surface area contributed by atoms with Gasteiger partial charge in [-0.25, -0.2) is 4.68 Å². The number of hydrogen-bond donors (Lipinski definition) is 1. The molecule has 0 unspecified atom stereocenters. The summed E-state index contributed by atoms with van der Waals surface area (Å²) in [7, 11) is 0. The Morgan fingerprint density at radius 1 is 1.26 bits per heavy atom. The van der Waals surface area contributed by atoms with Crippen molar-refractivity contribution in [3.05, 3.63) is 65.8 Å². The van der Waals surface area contributed by atoms with Gasteiger partial charge < -0.3 is 9.84 Å². The SMILES string of the molecule is Cc1c(C(=O)NCCCc2cnoc2)cnn1-c1ccccc1. The Bertz CT molecular complexity index is 763. The van der Waals surface area contributed by atoms with E-state index in [1.807, 2.05) is 37.3 Å². The van der Waals surface area contributed by atoms with E-state index in [1.165, 1.54) is 0 Å². The van der Waals surface area contributed by atoms with Gasteiger partial charge in [-0.05, 0) is 31.9 Å². The van der Waals surface area contributed by atoms with Gasteiger partial charge in [-0.15, -0.1) is 0 Å². The molecule has 1 N–H and O–H groups in total. The highest BCUT2D eigenvalue weighted by Crippen LogP contribution is 2.13. The number of rotatable bonds is 6. The quantitative estimate of drug-likeness (QED) is 0.710. The molecule has 3 aromatic rings. The molecule has 0 fully saturated rings. The van der Waals surface area contributed by atoms with E-state index >= 15 is 0 Å². The van der Waals surface area contributed by atoms with E-state index in [0.717, 1.165) is 29.8 Å². The van der Waals surface area contributed by atoms with Crippen molar-refractivity contribution < 1.29 is 9.32 Å². The molecule has 0 aliphatic carbocycles. The van der Waals surface area contributed by atoms with Crippen LogP contribution in [-0.2, 0) is 6.42 Å². The third kappa shape index (κ3) is 3.48. The smallest absolute Gasteiger partial charge is 0.254 e. The summed E-state index contributed by atoms with van der Waals surface area (Å²) < 4.78 is 6.54. The van der Waals surface area contributed by atoms with Crippen LogP contribution in [0.15, 0.2) is 53.5 Å². The largest absolute Gasteiger partial charge is 0.364 e. The van der Waals surface area contributed by atoms with Crippen molar-refractivity contribution in [1.82, 2.24) is 20.3 Å². The van der Waals surface area contributed by atoms with Gasteiger partial charge in [0.05, 0.1) is 29.3 Å². The van der Waals surface area contributed by atoms with Gasteiger partial charge in [0.25, 0.3) is 5.91 Å². The number of para-hydroxylation sites is 1. The maximum absolute atomic E-state index is 12.3. The average molecular weight is 310 g/mol. The standard InChI is InChI=1S/C17H18N4O2/c1-13-16(11-19-21(13)15-7-3-2-4-8-15)17(22)18-9-5-6-14-10-20-23-12-14/h2-4,7-8,10-12H,5-6,9H2,1H3,(H,18,22). The van der Waals surface area contributed by atoms with E-state index in [1.54, 1.807) is 23.3 Å². The summed E-state index contributed by atoms with van der Waals surface area (Å²) in [6.07, 6.45) is 6.58. The molecular formula is C17H18N4O2. The van der Waals surface area contributed by atoms with Crippen molar-refractivity contribution in [3.63, 3.8) is 0 Å². The van der Waals surface area contributed by atoms with Crippen molar-refractivity contribution in [2.45, 2.75) is 19.8 Å². The van der Waals surface area contributed by atoms with Gasteiger partial charge in [0, 0.05) is 12.1 Å². The molecule has 118 valence electrons. The molecule has 2 aromatic heterocycles. The van der Waals surface area contributed by atoms with Crippen LogP contribution in [0.5, 0.6) is 0 Å². The molecule has 0 bridgehead atoms.